The zero-order valence-electron chi connectivity index (χ0n) is 16.3. The lowest BCUT2D eigenvalue weighted by atomic mass is 10.0. The molecule has 150 valence electrons. The maximum atomic E-state index is 2.29. The summed E-state index contributed by atoms with van der Waals surface area (Å²) in [6, 6.07) is 0. The first-order valence-corrected chi connectivity index (χ1v) is 8.69. The molecular formula is C17H46Cl3N3. The van der Waals surface area contributed by atoms with Gasteiger partial charge in [0, 0.05) is 0 Å². The first-order chi connectivity index (χ1) is 8.91. The van der Waals surface area contributed by atoms with Gasteiger partial charge in [0.15, 0.2) is 0 Å². The quantitative estimate of drug-likeness (QED) is 0.238. The minimum absolute atomic E-state index is 0. The Labute approximate surface area is 165 Å². The number of quaternary nitrogens is 3. The molecule has 0 heterocycles. The van der Waals surface area contributed by atoms with Crippen molar-refractivity contribution in [2.45, 2.75) is 96.8 Å². The smallest absolute Gasteiger partial charge is 0.0753 e. The van der Waals surface area contributed by atoms with Gasteiger partial charge in [0.25, 0.3) is 0 Å². The highest BCUT2D eigenvalue weighted by Crippen LogP contribution is 2.12. The lowest BCUT2D eigenvalue weighted by Crippen LogP contribution is -3.00. The number of hydrogen-bond donors (Lipinski definition) is 3. The second kappa shape index (κ2) is 38.4. The summed E-state index contributed by atoms with van der Waals surface area (Å²) in [5.74, 6) is 0. The van der Waals surface area contributed by atoms with Crippen LogP contribution in [0.3, 0.4) is 0 Å². The van der Waals surface area contributed by atoms with E-state index in [4.69, 9.17) is 0 Å². The predicted octanol–water partition coefficient (Wildman–Crippen LogP) is -3.57. The Morgan fingerprint density at radius 1 is 0.478 bits per heavy atom. The van der Waals surface area contributed by atoms with Crippen LogP contribution >= 0.6 is 0 Å². The molecule has 3 nitrogen and oxygen atoms in total. The lowest BCUT2D eigenvalue weighted by Gasteiger charge is -2.02. The van der Waals surface area contributed by atoms with E-state index in [0.717, 1.165) is 0 Å². The number of hydrogen-bond acceptors (Lipinski definition) is 0. The molecule has 0 aliphatic carbocycles. The van der Waals surface area contributed by atoms with Gasteiger partial charge in [-0.2, -0.15) is 0 Å². The van der Waals surface area contributed by atoms with Gasteiger partial charge in [0.2, 0.25) is 0 Å². The molecule has 0 aliphatic heterocycles. The molecule has 0 spiro atoms. The van der Waals surface area contributed by atoms with E-state index in [1.165, 1.54) is 96.4 Å². The predicted molar refractivity (Wildman–Crippen MR) is 95.0 cm³/mol. The first kappa shape index (κ1) is 39.0. The summed E-state index contributed by atoms with van der Waals surface area (Å²) < 4.78 is 0. The summed E-state index contributed by atoms with van der Waals surface area (Å²) in [7, 11) is 2.17. The minimum Gasteiger partial charge on any atom is -1.00 e. The van der Waals surface area contributed by atoms with Crippen LogP contribution in [0.15, 0.2) is 0 Å². The standard InChI is InChI=1S/C17H37N.3ClH.2H3N/c1-3-4-5-6-7-8-9-10-11-12-13-14-15-16-17-18-2;;;;;/h18H,3-17H2,1-2H3;3*1H;2*1H3. The van der Waals surface area contributed by atoms with Gasteiger partial charge >= 0.3 is 0 Å². The number of unbranched alkanes of at least 4 members (excludes halogenated alkanes) is 13. The Bertz CT molecular complexity index is 137. The largest absolute Gasteiger partial charge is 1.00 e. The molecule has 0 fully saturated rings. The van der Waals surface area contributed by atoms with Gasteiger partial charge in [-0.05, 0) is 12.8 Å². The van der Waals surface area contributed by atoms with Gasteiger partial charge in [0.1, 0.15) is 0 Å². The maximum Gasteiger partial charge on any atom is 0.0753 e. The molecule has 0 amide bonds. The molecule has 0 atom stereocenters. The highest BCUT2D eigenvalue weighted by Gasteiger charge is 1.94. The molecule has 0 aromatic heterocycles. The summed E-state index contributed by atoms with van der Waals surface area (Å²) in [6.07, 6.45) is 20.4. The van der Waals surface area contributed by atoms with Crippen molar-refractivity contribution in [3.63, 3.8) is 0 Å². The second-order valence-electron chi connectivity index (χ2n) is 5.79. The third-order valence-corrected chi connectivity index (χ3v) is 3.85. The zero-order valence-corrected chi connectivity index (χ0v) is 18.6. The number of halogens is 3. The molecule has 0 rings (SSSR count). The summed E-state index contributed by atoms with van der Waals surface area (Å²) in [4.78, 5) is 0. The van der Waals surface area contributed by atoms with Crippen molar-refractivity contribution < 1.29 is 42.5 Å². The summed E-state index contributed by atoms with van der Waals surface area (Å²) in [5, 5.41) is 2.29. The minimum atomic E-state index is 0. The summed E-state index contributed by atoms with van der Waals surface area (Å²) in [5.41, 5.74) is 0. The van der Waals surface area contributed by atoms with Crippen molar-refractivity contribution >= 4 is 0 Å². The Morgan fingerprint density at radius 2 is 0.739 bits per heavy atom. The van der Waals surface area contributed by atoms with Gasteiger partial charge in [-0.3, -0.25) is 0 Å². The number of rotatable bonds is 15. The average molecular weight is 399 g/mol. The van der Waals surface area contributed by atoms with E-state index >= 15 is 0 Å². The van der Waals surface area contributed by atoms with Crippen LogP contribution in [0.1, 0.15) is 96.8 Å². The topological polar surface area (TPSA) is 89.6 Å². The van der Waals surface area contributed by atoms with E-state index in [-0.39, 0.29) is 49.5 Å². The normalized spacial score (nSPS) is 8.61. The van der Waals surface area contributed by atoms with Crippen LogP contribution in [0, 0.1) is 0 Å². The van der Waals surface area contributed by atoms with E-state index in [2.05, 4.69) is 19.3 Å². The highest BCUT2D eigenvalue weighted by molar-refractivity contribution is 4.48. The van der Waals surface area contributed by atoms with E-state index in [0.29, 0.717) is 0 Å². The Morgan fingerprint density at radius 3 is 1.00 bits per heavy atom. The van der Waals surface area contributed by atoms with E-state index < -0.39 is 0 Å². The molecule has 0 aromatic rings. The van der Waals surface area contributed by atoms with Crippen molar-refractivity contribution in [2.24, 2.45) is 0 Å². The third-order valence-electron chi connectivity index (χ3n) is 3.85. The monoisotopic (exact) mass is 397 g/mol. The van der Waals surface area contributed by atoms with Crippen LogP contribution in [0.25, 0.3) is 0 Å². The van der Waals surface area contributed by atoms with Crippen LogP contribution in [0.2, 0.25) is 0 Å². The summed E-state index contributed by atoms with van der Waals surface area (Å²) >= 11 is 0. The van der Waals surface area contributed by atoms with Crippen LogP contribution in [0.4, 0.5) is 0 Å². The fourth-order valence-electron chi connectivity index (χ4n) is 2.54. The van der Waals surface area contributed by atoms with Crippen LogP contribution in [-0.2, 0) is 0 Å². The Kier molecular flexibility index (Phi) is 65.1. The van der Waals surface area contributed by atoms with Crippen LogP contribution in [-0.4, -0.2) is 13.6 Å². The molecule has 6 heteroatoms. The van der Waals surface area contributed by atoms with Crippen LogP contribution in [0.5, 0.6) is 0 Å². The summed E-state index contributed by atoms with van der Waals surface area (Å²) in [6.45, 7) is 3.61. The molecule has 0 saturated heterocycles. The van der Waals surface area contributed by atoms with Crippen LogP contribution < -0.4 is 54.8 Å². The SMILES string of the molecule is CCCCCCCCCCCCCCCC[NH2+]C.[Cl-].[Cl-].[Cl-].[NH4+].[NH4+]. The van der Waals surface area contributed by atoms with E-state index in [1.54, 1.807) is 0 Å². The van der Waals surface area contributed by atoms with Crippen molar-refractivity contribution in [2.75, 3.05) is 13.6 Å². The van der Waals surface area contributed by atoms with Crippen molar-refractivity contribution in [1.29, 1.82) is 0 Å². The Balaban J connectivity index is -0.000000144. The first-order valence-electron chi connectivity index (χ1n) is 8.69. The molecule has 23 heavy (non-hydrogen) atoms. The molecule has 0 bridgehead atoms. The van der Waals surface area contributed by atoms with Gasteiger partial charge in [0.05, 0.1) is 13.6 Å². The zero-order chi connectivity index (χ0) is 13.3. The highest BCUT2D eigenvalue weighted by atomic mass is 35.5. The van der Waals surface area contributed by atoms with Crippen molar-refractivity contribution in [3.05, 3.63) is 0 Å². The fourth-order valence-corrected chi connectivity index (χ4v) is 2.54. The van der Waals surface area contributed by atoms with Gasteiger partial charge < -0.3 is 54.8 Å². The Hall–Kier alpha value is 0.750. The third kappa shape index (κ3) is 39.5. The molecule has 0 saturated carbocycles. The number of nitrogens with two attached hydrogens (primary N) is 1. The van der Waals surface area contributed by atoms with E-state index in [1.807, 2.05) is 0 Å². The molecule has 0 radical (unpaired) electrons. The van der Waals surface area contributed by atoms with Gasteiger partial charge in [-0.25, -0.2) is 0 Å². The van der Waals surface area contributed by atoms with Crippen molar-refractivity contribution in [1.82, 2.24) is 12.3 Å². The lowest BCUT2D eigenvalue weighted by molar-refractivity contribution is -0.627. The van der Waals surface area contributed by atoms with Crippen molar-refractivity contribution in [3.8, 4) is 0 Å². The molecule has 0 aliphatic rings. The van der Waals surface area contributed by atoms with E-state index in [9.17, 15) is 0 Å². The molecule has 10 N–H and O–H groups in total. The maximum absolute atomic E-state index is 2.29. The van der Waals surface area contributed by atoms with Gasteiger partial charge in [-0.15, -0.1) is 0 Å². The fraction of sp³-hybridized carbons (Fsp3) is 1.00. The molecule has 0 aromatic carbocycles. The average Bonchev–Trinajstić information content (AvgIpc) is 2.39. The van der Waals surface area contributed by atoms with Gasteiger partial charge in [-0.1, -0.05) is 84.0 Å². The molecular weight excluding hydrogens is 353 g/mol. The second-order valence-corrected chi connectivity index (χ2v) is 5.79. The molecule has 0 unspecified atom stereocenters.